The number of terminal acetylenes is 3. The minimum Gasteiger partial charge on any atom is -0.464 e. The Morgan fingerprint density at radius 3 is 1.19 bits per heavy atom. The molecule has 0 unspecified atom stereocenters. The summed E-state index contributed by atoms with van der Waals surface area (Å²) >= 11 is 0. The maximum atomic E-state index is 12.7. The molecule has 2 fully saturated rings. The van der Waals surface area contributed by atoms with E-state index in [9.17, 15) is 65.9 Å². The summed E-state index contributed by atoms with van der Waals surface area (Å²) in [4.78, 5) is 122. The number of nitrogens with zero attached hydrogens (tertiary/aromatic N) is 2. The van der Waals surface area contributed by atoms with Crippen LogP contribution in [0.15, 0.2) is 59.0 Å². The second kappa shape index (κ2) is 54.2. The molecule has 6 N–H and O–H groups in total. The summed E-state index contributed by atoms with van der Waals surface area (Å²) in [6.07, 6.45) is 27.3. The number of allylic oxidation sites excluding steroid dienone is 3. The number of nitrogens with one attached hydrogen (secondary N) is 2. The molecule has 0 radical (unpaired) electrons. The first-order chi connectivity index (χ1) is 50.2. The van der Waals surface area contributed by atoms with Gasteiger partial charge in [0.1, 0.15) is 34.1 Å². The monoisotopic (exact) mass is 1580 g/mol. The lowest BCUT2D eigenvalue weighted by atomic mass is 9.82. The summed E-state index contributed by atoms with van der Waals surface area (Å²) in [6.45, 7) is 68.8. The quantitative estimate of drug-likeness (QED) is 0.0300. The Morgan fingerprint density at radius 2 is 0.973 bits per heavy atom. The highest BCUT2D eigenvalue weighted by Gasteiger charge is 2.56. The molecule has 0 spiro atoms. The van der Waals surface area contributed by atoms with E-state index < -0.39 is 34.4 Å². The molecular formula is C89H147F3N6O14. The van der Waals surface area contributed by atoms with Gasteiger partial charge in [0.05, 0.1) is 25.9 Å². The van der Waals surface area contributed by atoms with Crippen molar-refractivity contribution in [3.63, 3.8) is 0 Å². The molecule has 0 aromatic heterocycles. The van der Waals surface area contributed by atoms with E-state index in [2.05, 4.69) is 96.3 Å². The number of esters is 3. The van der Waals surface area contributed by atoms with E-state index in [1.54, 1.807) is 26.8 Å². The van der Waals surface area contributed by atoms with Crippen molar-refractivity contribution >= 4 is 64.8 Å². The fourth-order valence-corrected chi connectivity index (χ4v) is 7.67. The van der Waals surface area contributed by atoms with E-state index in [1.165, 1.54) is 26.8 Å². The maximum absolute atomic E-state index is 12.7. The standard InChI is InChI=1S/C11H18O3.C9H16FNO.C9H13NO.C9H15NO.C8H14O2.C8H12O2.C7H10FNO.C7H11NO.C7H10O.C6H8FNO.2C4H10/c1-8(12)11(5-6-11)9(13)14-7-10(2,3)4;1-6(7(2)10)8(12)11-9(3,4)5;1-8(2,3)7(11)9(6-10)4-5-9;1-9(2,3)10-7-5-4-6-8(10)11;2*1-5-7(9)10-6-8(2,3)4;8-6-4-2-1-3-5(6)7(9)10;1-5-6(9)8-7(2,3)4;1-5-6(8)7(2,3)4;7-5-3-1-2-4(5)6(8)9;2*1-4(2)3/h5-7H2,1-4H3;1-5H3,(H,11,12);4-5H2,1-3H3;4,6H,5,7H2,1-3H3;5H,1,6H2,2-4H3;1H,6H2,2-4H3;1-4H2,(H2,9,10);1H,2-4H3,(H,8,9);1H,2-4H3;1-3H2,(H2,8,9);2*4H,1-3H3/b;7-6-;;;;;;;;;;. The van der Waals surface area contributed by atoms with Crippen LogP contribution < -0.4 is 22.1 Å². The van der Waals surface area contributed by atoms with Crippen LogP contribution in [0, 0.1) is 98.1 Å². The summed E-state index contributed by atoms with van der Waals surface area (Å²) in [5, 5.41) is 14.0. The topological polar surface area (TPSA) is 319 Å². The first-order valence-electron chi connectivity index (χ1n) is 38.1. The third-order valence-corrected chi connectivity index (χ3v) is 13.9. The number of hydrogen-bond acceptors (Lipinski definition) is 15. The lowest BCUT2D eigenvalue weighted by molar-refractivity contribution is -0.156. The Hall–Kier alpha value is -8.57. The molecule has 112 heavy (non-hydrogen) atoms. The minimum absolute atomic E-state index is 0.00743. The lowest BCUT2D eigenvalue weighted by Crippen LogP contribution is -2.46. The molecule has 0 aromatic rings. The number of halogens is 3. The fourth-order valence-electron chi connectivity index (χ4n) is 7.67. The number of ketones is 3. The summed E-state index contributed by atoms with van der Waals surface area (Å²) in [5.74, 6) is 3.39. The normalized spacial score (nSPS) is 15.0. The number of ether oxygens (including phenoxy) is 3. The van der Waals surface area contributed by atoms with Gasteiger partial charge >= 0.3 is 17.9 Å². The number of nitrogens with two attached hydrogens (primary N) is 2. The molecule has 0 saturated heterocycles. The van der Waals surface area contributed by atoms with Crippen LogP contribution in [0.2, 0.25) is 0 Å². The summed E-state index contributed by atoms with van der Waals surface area (Å²) in [5.41, 5.74) is 7.65. The van der Waals surface area contributed by atoms with Crippen LogP contribution in [-0.2, 0) is 67.0 Å². The van der Waals surface area contributed by atoms with Gasteiger partial charge in [-0.25, -0.2) is 22.8 Å². The molecule has 0 bridgehead atoms. The third-order valence-electron chi connectivity index (χ3n) is 13.9. The number of carbonyl (C=O) groups excluding carboxylic acids is 11. The molecule has 5 rings (SSSR count). The Bertz CT molecular complexity index is 3340. The Balaban J connectivity index is -0.000000217. The molecule has 4 aliphatic carbocycles. The molecular weight excluding hydrogens is 1430 g/mol. The van der Waals surface area contributed by atoms with Crippen LogP contribution in [0.1, 0.15) is 306 Å². The molecule has 0 aromatic carbocycles. The lowest BCUT2D eigenvalue weighted by Gasteiger charge is -2.36. The van der Waals surface area contributed by atoms with Crippen LogP contribution in [0.3, 0.4) is 0 Å². The van der Waals surface area contributed by atoms with Gasteiger partial charge in [0, 0.05) is 62.7 Å². The van der Waals surface area contributed by atoms with Crippen molar-refractivity contribution in [3.8, 4) is 43.1 Å². The zero-order valence-electron chi connectivity index (χ0n) is 75.0. The van der Waals surface area contributed by atoms with E-state index in [0.717, 1.165) is 56.9 Å². The number of hydrogen-bond donors (Lipinski definition) is 4. The van der Waals surface area contributed by atoms with Crippen molar-refractivity contribution in [2.45, 2.75) is 322 Å². The number of rotatable bonds is 10. The van der Waals surface area contributed by atoms with Gasteiger partial charge in [-0.1, -0.05) is 158 Å². The van der Waals surface area contributed by atoms with Crippen LogP contribution in [0.4, 0.5) is 13.2 Å². The molecule has 1 aliphatic heterocycles. The minimum atomic E-state index is -0.773. The predicted octanol–water partition coefficient (Wildman–Crippen LogP) is 17.8. The van der Waals surface area contributed by atoms with Gasteiger partial charge in [0.15, 0.2) is 5.78 Å². The van der Waals surface area contributed by atoms with Gasteiger partial charge in [-0.05, 0) is 206 Å². The van der Waals surface area contributed by atoms with Gasteiger partial charge in [-0.3, -0.25) is 43.2 Å². The third kappa shape index (κ3) is 66.1. The highest BCUT2D eigenvalue weighted by molar-refractivity contribution is 6.05. The zero-order valence-corrected chi connectivity index (χ0v) is 75.0. The molecule has 5 aliphatic rings. The first kappa shape index (κ1) is 117. The molecule has 0 atom stereocenters. The maximum Gasteiger partial charge on any atom is 0.384 e. The van der Waals surface area contributed by atoms with Gasteiger partial charge in [-0.15, -0.1) is 19.3 Å². The van der Waals surface area contributed by atoms with Crippen LogP contribution in [0.5, 0.6) is 0 Å². The highest BCUT2D eigenvalue weighted by Crippen LogP contribution is 2.50. The molecule has 638 valence electrons. The largest absolute Gasteiger partial charge is 0.464 e. The number of carbonyl (C=O) groups is 11. The van der Waals surface area contributed by atoms with Crippen molar-refractivity contribution in [2.75, 3.05) is 26.4 Å². The molecule has 1 heterocycles. The average molecular weight is 1580 g/mol. The number of Topliss-reactive ketones (excluding diaryl/α,β-unsaturated/α-hetero) is 3. The SMILES string of the molecule is C#CC(=O)C(C)(C)C.C#CC(=O)NC(C)(C)C.C#CC(=O)OCC(C)(C)C.C/C(F)=C(\C)C(=O)NC(C)(C)C.C=CC(=O)OCC(C)(C)C.CC(=O)C1(C(=O)OCC(C)(C)C)CC1.CC(C)(C)C(=O)C1(C#N)CC1.CC(C)(C)N1CCC=CC1=O.CC(C)C.CC(C)C.NC(=O)C1=C(F)CCC1.NC(=O)C1=C(F)CCCC1. The van der Waals surface area contributed by atoms with Crippen molar-refractivity contribution < 1.29 is 80.1 Å². The Kier molecular flexibility index (Phi) is 56.5. The molecule has 23 heteroatoms. The fraction of sp³-hybridized carbons (Fsp3) is 0.685. The van der Waals surface area contributed by atoms with E-state index in [-0.39, 0.29) is 119 Å². The van der Waals surface area contributed by atoms with E-state index in [4.69, 9.17) is 45.5 Å². The number of amides is 5. The molecule has 20 nitrogen and oxygen atoms in total. The predicted molar refractivity (Wildman–Crippen MR) is 445 cm³/mol. The van der Waals surface area contributed by atoms with Gasteiger partial charge in [0.25, 0.3) is 5.91 Å². The van der Waals surface area contributed by atoms with Gasteiger partial charge < -0.3 is 41.2 Å². The Morgan fingerprint density at radius 1 is 0.589 bits per heavy atom. The molecule has 5 amide bonds. The van der Waals surface area contributed by atoms with Crippen molar-refractivity contribution in [2.24, 2.45) is 61.2 Å². The smallest absolute Gasteiger partial charge is 0.384 e. The number of nitriles is 1. The summed E-state index contributed by atoms with van der Waals surface area (Å²) in [6, 6.07) is 2.11. The average Bonchev–Trinajstić information content (AvgIpc) is 1.63. The van der Waals surface area contributed by atoms with Crippen LogP contribution in [0.25, 0.3) is 0 Å². The summed E-state index contributed by atoms with van der Waals surface area (Å²) < 4.78 is 52.2. The first-order valence-corrected chi connectivity index (χ1v) is 38.1. The van der Waals surface area contributed by atoms with Gasteiger partial charge in [-0.2, -0.15) is 5.26 Å². The van der Waals surface area contributed by atoms with Crippen LogP contribution >= 0.6 is 0 Å². The van der Waals surface area contributed by atoms with E-state index in [1.807, 2.05) is 147 Å². The summed E-state index contributed by atoms with van der Waals surface area (Å²) in [7, 11) is 0. The second-order valence-corrected chi connectivity index (χ2v) is 37.5. The Labute approximate surface area is 674 Å². The molecule has 2 saturated carbocycles. The van der Waals surface area contributed by atoms with Crippen molar-refractivity contribution in [1.29, 1.82) is 5.26 Å². The van der Waals surface area contributed by atoms with Crippen molar-refractivity contribution in [3.05, 3.63) is 59.0 Å². The number of primary amides is 2. The second-order valence-electron chi connectivity index (χ2n) is 37.5. The van der Waals surface area contributed by atoms with Crippen molar-refractivity contribution in [1.82, 2.24) is 15.5 Å². The highest BCUT2D eigenvalue weighted by atomic mass is 19.1. The van der Waals surface area contributed by atoms with Gasteiger partial charge in [0.2, 0.25) is 29.4 Å². The van der Waals surface area contributed by atoms with E-state index >= 15 is 0 Å². The van der Waals surface area contributed by atoms with Crippen LogP contribution in [-0.4, -0.2) is 113 Å². The van der Waals surface area contributed by atoms with E-state index in [0.29, 0.717) is 58.3 Å². The zero-order chi connectivity index (χ0) is 90.3.